The number of aryl methyl sites for hydroxylation is 1. The van der Waals surface area contributed by atoms with Gasteiger partial charge >= 0.3 is 0 Å². The molecule has 2 N–H and O–H groups in total. The van der Waals surface area contributed by atoms with Gasteiger partial charge in [-0.3, -0.25) is 0 Å². The van der Waals surface area contributed by atoms with Crippen LogP contribution in [0.25, 0.3) is 0 Å². The van der Waals surface area contributed by atoms with E-state index in [1.807, 2.05) is 0 Å². The van der Waals surface area contributed by atoms with Gasteiger partial charge in [-0.05, 0) is 30.9 Å². The van der Waals surface area contributed by atoms with Crippen LogP contribution in [-0.4, -0.2) is 0 Å². The number of hydrogen-bond donors (Lipinski definition) is 1. The average Bonchev–Trinajstić information content (AvgIpc) is 2.39. The number of unbranched alkanes of at least 4 members (excludes halogenated alkanes) is 1. The molecule has 0 amide bonds. The normalized spacial score (nSPS) is 14.4. The highest BCUT2D eigenvalue weighted by molar-refractivity contribution is 5.29. The fraction of sp³-hybridized carbons (Fsp3) is 0.625. The van der Waals surface area contributed by atoms with Crippen LogP contribution in [0.1, 0.15) is 63.1 Å². The van der Waals surface area contributed by atoms with E-state index in [-0.39, 0.29) is 5.56 Å². The summed E-state index contributed by atoms with van der Waals surface area (Å²) in [5.74, 6) is -0.576. The zero-order chi connectivity index (χ0) is 14.4. The zero-order valence-corrected chi connectivity index (χ0v) is 12.2. The predicted octanol–water partition coefficient (Wildman–Crippen LogP) is 4.88. The van der Waals surface area contributed by atoms with Crippen LogP contribution in [0.2, 0.25) is 0 Å². The molecule has 108 valence electrons. The van der Waals surface area contributed by atoms with E-state index in [0.29, 0.717) is 17.9 Å². The quantitative estimate of drug-likeness (QED) is 0.750. The minimum Gasteiger partial charge on any atom is -0.324 e. The monoisotopic (exact) mass is 269 g/mol. The topological polar surface area (TPSA) is 26.0 Å². The Bertz CT molecular complexity index is 404. The van der Waals surface area contributed by atoms with Crippen LogP contribution in [0, 0.1) is 24.5 Å². The molecule has 2 atom stereocenters. The maximum absolute atomic E-state index is 14.0. The largest absolute Gasteiger partial charge is 0.324 e. The molecule has 0 aliphatic heterocycles. The van der Waals surface area contributed by atoms with Crippen molar-refractivity contribution in [2.24, 2.45) is 11.7 Å². The van der Waals surface area contributed by atoms with E-state index in [4.69, 9.17) is 5.73 Å². The van der Waals surface area contributed by atoms with E-state index in [1.165, 1.54) is 12.1 Å². The Morgan fingerprint density at radius 2 is 1.89 bits per heavy atom. The Kier molecular flexibility index (Phi) is 6.43. The van der Waals surface area contributed by atoms with Crippen LogP contribution < -0.4 is 5.73 Å². The predicted molar refractivity (Wildman–Crippen MR) is 75.9 cm³/mol. The number of nitrogens with two attached hydrogens (primary N) is 1. The molecule has 1 aromatic carbocycles. The summed E-state index contributed by atoms with van der Waals surface area (Å²) in [6.45, 7) is 5.89. The van der Waals surface area contributed by atoms with Crippen molar-refractivity contribution in [3.8, 4) is 0 Å². The van der Waals surface area contributed by atoms with E-state index in [9.17, 15) is 8.78 Å². The molecule has 1 aromatic rings. The standard InChI is InChI=1S/C16H25F2N/c1-4-6-7-12(5-2)10-14(19)15-13(17)9-8-11(3)16(15)18/h8-9,12,14H,4-7,10,19H2,1-3H3. The summed E-state index contributed by atoms with van der Waals surface area (Å²) < 4.78 is 27.8. The van der Waals surface area contributed by atoms with Crippen LogP contribution in [0.3, 0.4) is 0 Å². The van der Waals surface area contributed by atoms with Gasteiger partial charge in [-0.2, -0.15) is 0 Å². The van der Waals surface area contributed by atoms with E-state index in [0.717, 1.165) is 25.7 Å². The van der Waals surface area contributed by atoms with Gasteiger partial charge in [0.2, 0.25) is 0 Å². The van der Waals surface area contributed by atoms with Crippen molar-refractivity contribution in [3.05, 3.63) is 34.9 Å². The van der Waals surface area contributed by atoms with Gasteiger partial charge in [0.25, 0.3) is 0 Å². The number of benzene rings is 1. The first kappa shape index (κ1) is 16.1. The molecule has 0 aromatic heterocycles. The molecular weight excluding hydrogens is 244 g/mol. The smallest absolute Gasteiger partial charge is 0.133 e. The Hall–Kier alpha value is -0.960. The fourth-order valence-corrected chi connectivity index (χ4v) is 2.48. The third-order valence-electron chi connectivity index (χ3n) is 3.82. The molecule has 0 radical (unpaired) electrons. The lowest BCUT2D eigenvalue weighted by atomic mass is 9.89. The van der Waals surface area contributed by atoms with Crippen molar-refractivity contribution in [3.63, 3.8) is 0 Å². The van der Waals surface area contributed by atoms with Crippen molar-refractivity contribution >= 4 is 0 Å². The number of rotatable bonds is 7. The molecule has 0 aliphatic rings. The van der Waals surface area contributed by atoms with Gasteiger partial charge in [0, 0.05) is 11.6 Å². The van der Waals surface area contributed by atoms with Crippen LogP contribution >= 0.6 is 0 Å². The lowest BCUT2D eigenvalue weighted by Crippen LogP contribution is -2.19. The van der Waals surface area contributed by atoms with Crippen molar-refractivity contribution in [1.82, 2.24) is 0 Å². The molecule has 0 aliphatic carbocycles. The maximum Gasteiger partial charge on any atom is 0.133 e. The van der Waals surface area contributed by atoms with Gasteiger partial charge in [-0.25, -0.2) is 8.78 Å². The molecule has 19 heavy (non-hydrogen) atoms. The third-order valence-corrected chi connectivity index (χ3v) is 3.82. The first-order chi connectivity index (χ1) is 9.01. The van der Waals surface area contributed by atoms with E-state index >= 15 is 0 Å². The van der Waals surface area contributed by atoms with Gasteiger partial charge in [0.15, 0.2) is 0 Å². The van der Waals surface area contributed by atoms with E-state index in [1.54, 1.807) is 6.92 Å². The first-order valence-electron chi connectivity index (χ1n) is 7.21. The molecule has 0 spiro atoms. The molecule has 0 fully saturated rings. The molecule has 0 bridgehead atoms. The van der Waals surface area contributed by atoms with Crippen molar-refractivity contribution in [2.75, 3.05) is 0 Å². The molecular formula is C16H25F2N. The molecule has 1 rings (SSSR count). The summed E-state index contributed by atoms with van der Waals surface area (Å²) in [6.07, 6.45) is 5.01. The second-order valence-corrected chi connectivity index (χ2v) is 5.35. The highest BCUT2D eigenvalue weighted by Crippen LogP contribution is 2.29. The summed E-state index contributed by atoms with van der Waals surface area (Å²) in [7, 11) is 0. The molecule has 0 saturated heterocycles. The van der Waals surface area contributed by atoms with Crippen LogP contribution in [0.5, 0.6) is 0 Å². The highest BCUT2D eigenvalue weighted by Gasteiger charge is 2.21. The van der Waals surface area contributed by atoms with Gasteiger partial charge in [0.1, 0.15) is 11.6 Å². The summed E-state index contributed by atoms with van der Waals surface area (Å²) in [5, 5.41) is 0. The van der Waals surface area contributed by atoms with Gasteiger partial charge in [-0.15, -0.1) is 0 Å². The summed E-state index contributed by atoms with van der Waals surface area (Å²) in [4.78, 5) is 0. The van der Waals surface area contributed by atoms with Gasteiger partial charge in [0.05, 0.1) is 0 Å². The Morgan fingerprint density at radius 1 is 1.21 bits per heavy atom. The van der Waals surface area contributed by atoms with Crippen molar-refractivity contribution in [2.45, 2.75) is 58.9 Å². The van der Waals surface area contributed by atoms with E-state index in [2.05, 4.69) is 13.8 Å². The van der Waals surface area contributed by atoms with Crippen LogP contribution in [-0.2, 0) is 0 Å². The number of hydrogen-bond acceptors (Lipinski definition) is 1. The lowest BCUT2D eigenvalue weighted by Gasteiger charge is -2.21. The molecule has 0 heterocycles. The molecule has 1 nitrogen and oxygen atoms in total. The maximum atomic E-state index is 14.0. The minimum absolute atomic E-state index is 0.0509. The minimum atomic E-state index is -0.554. The average molecular weight is 269 g/mol. The van der Waals surface area contributed by atoms with Crippen molar-refractivity contribution in [1.29, 1.82) is 0 Å². The molecule has 2 unspecified atom stereocenters. The Morgan fingerprint density at radius 3 is 2.47 bits per heavy atom. The Labute approximate surface area is 115 Å². The molecule has 0 saturated carbocycles. The highest BCUT2D eigenvalue weighted by atomic mass is 19.1. The van der Waals surface area contributed by atoms with Crippen LogP contribution in [0.15, 0.2) is 12.1 Å². The molecule has 3 heteroatoms. The van der Waals surface area contributed by atoms with E-state index < -0.39 is 17.7 Å². The fourth-order valence-electron chi connectivity index (χ4n) is 2.48. The second kappa shape index (κ2) is 7.59. The zero-order valence-electron chi connectivity index (χ0n) is 12.2. The van der Waals surface area contributed by atoms with Gasteiger partial charge in [-0.1, -0.05) is 45.6 Å². The summed E-state index contributed by atoms with van der Waals surface area (Å²) >= 11 is 0. The summed E-state index contributed by atoms with van der Waals surface area (Å²) in [6, 6.07) is 2.21. The summed E-state index contributed by atoms with van der Waals surface area (Å²) in [5.41, 5.74) is 6.54. The van der Waals surface area contributed by atoms with Crippen LogP contribution in [0.4, 0.5) is 8.78 Å². The third kappa shape index (κ3) is 4.27. The SMILES string of the molecule is CCCCC(CC)CC(N)c1c(F)ccc(C)c1F. The lowest BCUT2D eigenvalue weighted by molar-refractivity contribution is 0.376. The van der Waals surface area contributed by atoms with Gasteiger partial charge < -0.3 is 5.73 Å². The Balaban J connectivity index is 2.82. The number of halogens is 2. The van der Waals surface area contributed by atoms with Crippen molar-refractivity contribution < 1.29 is 8.78 Å². The second-order valence-electron chi connectivity index (χ2n) is 5.35. The first-order valence-corrected chi connectivity index (χ1v) is 7.21.